The zero-order chi connectivity index (χ0) is 82.8. The average molecular weight is 1540 g/mol. The molecule has 0 spiro atoms. The molecule has 12 aromatic carbocycles. The van der Waals surface area contributed by atoms with Gasteiger partial charge >= 0.3 is 0 Å². The lowest BCUT2D eigenvalue weighted by Crippen LogP contribution is -2.20. The van der Waals surface area contributed by atoms with Crippen molar-refractivity contribution in [2.24, 2.45) is 0 Å². The lowest BCUT2D eigenvalue weighted by atomic mass is 9.78. The summed E-state index contributed by atoms with van der Waals surface area (Å²) < 4.78 is 9.59. The van der Waals surface area contributed by atoms with Crippen LogP contribution in [0, 0.1) is 36.5 Å². The minimum Gasteiger partial charge on any atom is -0.309 e. The molecule has 0 aliphatic heterocycles. The van der Waals surface area contributed by atoms with Crippen LogP contribution in [0.25, 0.3) is 155 Å². The van der Waals surface area contributed by atoms with Gasteiger partial charge in [0.1, 0.15) is 12.1 Å². The van der Waals surface area contributed by atoms with E-state index in [2.05, 4.69) is 423 Å². The van der Waals surface area contributed by atoms with Crippen LogP contribution in [-0.2, 0) is 38.9 Å². The van der Waals surface area contributed by atoms with Gasteiger partial charge in [-0.3, -0.25) is 4.98 Å². The molecule has 582 valence electrons. The molecule has 8 nitrogen and oxygen atoms in total. The van der Waals surface area contributed by atoms with Crippen LogP contribution in [0.4, 0.5) is 0 Å². The Bertz CT molecular complexity index is 7130. The van der Waals surface area contributed by atoms with Crippen molar-refractivity contribution >= 4 is 87.2 Å². The van der Waals surface area contributed by atoms with Crippen molar-refractivity contribution in [3.63, 3.8) is 0 Å². The second-order valence-electron chi connectivity index (χ2n) is 38.9. The third kappa shape index (κ3) is 13.1. The Morgan fingerprint density at radius 3 is 1.02 bits per heavy atom. The highest BCUT2D eigenvalue weighted by molar-refractivity contribution is 6.14. The van der Waals surface area contributed by atoms with E-state index in [0.29, 0.717) is 17.5 Å². The van der Waals surface area contributed by atoms with Crippen LogP contribution in [-0.4, -0.2) is 28.2 Å². The molecule has 0 unspecified atom stereocenters. The van der Waals surface area contributed by atoms with Crippen molar-refractivity contribution in [3.8, 4) is 79.7 Å². The number of pyridine rings is 2. The van der Waals surface area contributed by atoms with Gasteiger partial charge in [0.15, 0.2) is 0 Å². The first-order valence-corrected chi connectivity index (χ1v) is 41.7. The number of hydrogen-bond donors (Lipinski definition) is 0. The van der Waals surface area contributed by atoms with E-state index in [4.69, 9.17) is 9.97 Å². The molecule has 0 aliphatic rings. The lowest BCUT2D eigenvalue weighted by molar-refractivity contribution is 0.523. The Hall–Kier alpha value is -12.9. The third-order valence-corrected chi connectivity index (χ3v) is 24.9. The second-order valence-corrected chi connectivity index (χ2v) is 38.9. The molecule has 0 aliphatic carbocycles. The Labute approximate surface area is 694 Å². The summed E-state index contributed by atoms with van der Waals surface area (Å²) in [6, 6.07) is 102. The lowest BCUT2D eigenvalue weighted by Gasteiger charge is -2.26. The molecule has 8 heteroatoms. The summed E-state index contributed by atoms with van der Waals surface area (Å²) in [5.41, 5.74) is 30.0. The van der Waals surface area contributed by atoms with Gasteiger partial charge in [0, 0.05) is 76.7 Å². The van der Waals surface area contributed by atoms with Crippen molar-refractivity contribution in [3.05, 3.63) is 322 Å². The van der Waals surface area contributed by atoms with E-state index in [-0.39, 0.29) is 27.1 Å². The largest absolute Gasteiger partial charge is 0.309 e. The van der Waals surface area contributed by atoms with E-state index in [9.17, 15) is 10.5 Å². The number of benzene rings is 12. The van der Waals surface area contributed by atoms with E-state index >= 15 is 0 Å². The zero-order valence-electron chi connectivity index (χ0n) is 71.6. The summed E-state index contributed by atoms with van der Waals surface area (Å²) in [5, 5.41) is 33.1. The summed E-state index contributed by atoms with van der Waals surface area (Å²) >= 11 is 0. The Morgan fingerprint density at radius 2 is 0.585 bits per heavy atom. The van der Waals surface area contributed by atoms with Gasteiger partial charge in [-0.1, -0.05) is 263 Å². The average Bonchev–Trinajstić information content (AvgIpc) is 1.56. The van der Waals surface area contributed by atoms with E-state index in [1.165, 1.54) is 38.9 Å². The van der Waals surface area contributed by atoms with Crippen molar-refractivity contribution in [1.29, 1.82) is 10.5 Å². The van der Waals surface area contributed by atoms with Crippen LogP contribution in [0.5, 0.6) is 0 Å². The van der Waals surface area contributed by atoms with Gasteiger partial charge in [-0.2, -0.15) is 10.5 Å². The van der Waals surface area contributed by atoms with Gasteiger partial charge in [0.05, 0.1) is 89.4 Å². The van der Waals surface area contributed by atoms with Crippen molar-refractivity contribution in [2.45, 2.75) is 170 Å². The molecule has 18 rings (SSSR count). The highest BCUT2D eigenvalue weighted by Crippen LogP contribution is 2.49. The number of nitrogens with zero attached hydrogens (tertiary/aromatic N) is 8. The van der Waals surface area contributed by atoms with Crippen molar-refractivity contribution < 1.29 is 0 Å². The molecule has 118 heavy (non-hydrogen) atoms. The van der Waals surface area contributed by atoms with Crippen LogP contribution in [0.15, 0.2) is 261 Å². The molecule has 6 heterocycles. The maximum atomic E-state index is 12.0. The standard InChI is InChI=1S/C110H102N8/c1-66-48-71(49-67(2)113-66)86-61-98(117-101-57-77(107(9,10)11)35-41-82(101)83-42-36-78(58-102(83)117)108(12,13)14)74(65-112)54-100(86)118-103-59-79(109(15,16)17)37-43-84(103)85-44-38-80(60-104(85)118)110(18,19)63-68-34-45-94-88(50-68)90-56-76(106(6,7)8)40-47-96(90)115(94)97-62-87(72-51-91(69-28-22-20-23-29-69)114-92(52-72)70-30-24-21-25-31-70)99(53-73(97)64-111)116-93-33-27-26-32-81(93)89-55-75(105(3,4)5)39-46-95(89)116/h20-62H,63H2,1-19H3. The predicted molar refractivity (Wildman–Crippen MR) is 497 cm³/mol. The Kier molecular flexibility index (Phi) is 17.9. The quantitative estimate of drug-likeness (QED) is 0.129. The molecule has 0 saturated carbocycles. The first kappa shape index (κ1) is 76.4. The SMILES string of the molecule is Cc1cc(-c2cc(-n3c4cc(C(C)(C)C)ccc4c4ccc(C(C)(C)C)cc43)c(C#N)cc2-n2c3cc(C(C)(C)C)ccc3c3ccc(C(C)(C)Cc4ccc5c(c4)c4cc(C(C)(C)C)ccc4n5-c4cc(-c5cc(-c6ccccc6)nc(-c6ccccc6)c5)c(-n5c6ccccc6c6cc(C(C)(C)C)ccc65)cc4C#N)cc32)cc(C)n1. The van der Waals surface area contributed by atoms with Crippen molar-refractivity contribution in [2.75, 3.05) is 0 Å². The highest BCUT2D eigenvalue weighted by atomic mass is 15.0. The smallest absolute Gasteiger partial charge is 0.101 e. The summed E-state index contributed by atoms with van der Waals surface area (Å²) in [7, 11) is 0. The maximum absolute atomic E-state index is 12.0. The van der Waals surface area contributed by atoms with E-state index < -0.39 is 5.41 Å². The molecule has 0 N–H and O–H groups in total. The minimum atomic E-state index is -0.422. The van der Waals surface area contributed by atoms with E-state index in [1.54, 1.807) is 0 Å². The molecular weight excluding hydrogens is 1430 g/mol. The van der Waals surface area contributed by atoms with E-state index in [1.807, 2.05) is 0 Å². The minimum absolute atomic E-state index is 0.0840. The topological polar surface area (TPSA) is 93.1 Å². The fraction of sp³-hybridized carbons (Fsp3) is 0.236. The first-order chi connectivity index (χ1) is 56.1. The fourth-order valence-electron chi connectivity index (χ4n) is 18.3. The van der Waals surface area contributed by atoms with Crippen LogP contribution in [0.3, 0.4) is 0 Å². The van der Waals surface area contributed by atoms with Crippen LogP contribution in [0.1, 0.15) is 179 Å². The number of nitriles is 2. The van der Waals surface area contributed by atoms with Gasteiger partial charge in [0.2, 0.25) is 0 Å². The molecule has 0 atom stereocenters. The Morgan fingerprint density at radius 1 is 0.263 bits per heavy atom. The molecule has 0 saturated heterocycles. The predicted octanol–water partition coefficient (Wildman–Crippen LogP) is 28.9. The molecule has 18 aromatic rings. The third-order valence-electron chi connectivity index (χ3n) is 24.9. The Balaban J connectivity index is 0.837. The van der Waals surface area contributed by atoms with Gasteiger partial charge in [-0.25, -0.2) is 4.98 Å². The normalized spacial score (nSPS) is 12.7. The van der Waals surface area contributed by atoms with Gasteiger partial charge < -0.3 is 18.3 Å². The van der Waals surface area contributed by atoms with Crippen LogP contribution >= 0.6 is 0 Å². The summed E-state index contributed by atoms with van der Waals surface area (Å²) in [4.78, 5) is 10.4. The van der Waals surface area contributed by atoms with Crippen LogP contribution < -0.4 is 0 Å². The summed E-state index contributed by atoms with van der Waals surface area (Å²) in [6.07, 6.45) is 0.711. The summed E-state index contributed by atoms with van der Waals surface area (Å²) in [5.74, 6) is 0. The van der Waals surface area contributed by atoms with Gasteiger partial charge in [-0.15, -0.1) is 0 Å². The highest BCUT2D eigenvalue weighted by Gasteiger charge is 2.32. The fourth-order valence-corrected chi connectivity index (χ4v) is 18.3. The second kappa shape index (κ2) is 27.6. The number of para-hydroxylation sites is 1. The molecule has 0 bridgehead atoms. The molecule has 0 fully saturated rings. The maximum Gasteiger partial charge on any atom is 0.101 e. The summed E-state index contributed by atoms with van der Waals surface area (Å²) in [6.45, 7) is 43.1. The van der Waals surface area contributed by atoms with Crippen LogP contribution in [0.2, 0.25) is 0 Å². The first-order valence-electron chi connectivity index (χ1n) is 41.7. The number of aryl methyl sites for hydroxylation is 2. The number of fused-ring (bicyclic) bond motifs is 12. The van der Waals surface area contributed by atoms with E-state index in [0.717, 1.165) is 166 Å². The molecule has 0 amide bonds. The zero-order valence-corrected chi connectivity index (χ0v) is 71.6. The van der Waals surface area contributed by atoms with Crippen molar-refractivity contribution in [1.82, 2.24) is 28.2 Å². The van der Waals surface area contributed by atoms with Gasteiger partial charge in [-0.05, 0) is 218 Å². The number of aromatic nitrogens is 6. The number of rotatable bonds is 11. The van der Waals surface area contributed by atoms with Gasteiger partial charge in [0.25, 0.3) is 0 Å². The monoisotopic (exact) mass is 1530 g/mol. The molecule has 6 aromatic heterocycles. The molecular formula is C110H102N8. The number of hydrogen-bond acceptors (Lipinski definition) is 4. The molecule has 0 radical (unpaired) electrons.